The monoisotopic (exact) mass is 347 g/mol. The standard InChI is InChI=1S/C17H17NO5S/c1-13-7-9-16(10-8-13)24(20,21)22-12-15-11-18(17(19)23-15)14-5-3-2-4-6-14/h2-10,15H,11-12H2,1H3/t15-/m0/s1. The molecule has 1 fully saturated rings. The Labute approximate surface area is 140 Å². The average Bonchev–Trinajstić information content (AvgIpc) is 2.95. The normalized spacial score (nSPS) is 17.8. The first-order chi connectivity index (χ1) is 11.5. The highest BCUT2D eigenvalue weighted by Crippen LogP contribution is 2.22. The third-order valence-electron chi connectivity index (χ3n) is 3.66. The average molecular weight is 347 g/mol. The first kappa shape index (κ1) is 16.5. The number of aryl methyl sites for hydroxylation is 1. The van der Waals surface area contributed by atoms with E-state index in [1.807, 2.05) is 25.1 Å². The number of nitrogens with zero attached hydrogens (tertiary/aromatic N) is 1. The molecule has 1 heterocycles. The quantitative estimate of drug-likeness (QED) is 0.778. The summed E-state index contributed by atoms with van der Waals surface area (Å²) in [6.45, 7) is 1.89. The maximum Gasteiger partial charge on any atom is 0.414 e. The molecule has 0 N–H and O–H groups in total. The van der Waals surface area contributed by atoms with Crippen molar-refractivity contribution in [1.29, 1.82) is 0 Å². The van der Waals surface area contributed by atoms with E-state index in [0.717, 1.165) is 5.56 Å². The summed E-state index contributed by atoms with van der Waals surface area (Å²) in [5.74, 6) is 0. The largest absolute Gasteiger partial charge is 0.441 e. The molecule has 6 nitrogen and oxygen atoms in total. The lowest BCUT2D eigenvalue weighted by Crippen LogP contribution is -2.26. The van der Waals surface area contributed by atoms with Crippen molar-refractivity contribution in [1.82, 2.24) is 0 Å². The van der Waals surface area contributed by atoms with Gasteiger partial charge in [0.1, 0.15) is 12.7 Å². The maximum absolute atomic E-state index is 12.2. The van der Waals surface area contributed by atoms with Crippen molar-refractivity contribution >= 4 is 21.9 Å². The van der Waals surface area contributed by atoms with Crippen molar-refractivity contribution in [3.63, 3.8) is 0 Å². The molecule has 0 aromatic heterocycles. The van der Waals surface area contributed by atoms with Gasteiger partial charge in [-0.1, -0.05) is 35.9 Å². The SMILES string of the molecule is Cc1ccc(S(=O)(=O)OC[C@@H]2CN(c3ccccc3)C(=O)O2)cc1. The molecular formula is C17H17NO5S. The van der Waals surface area contributed by atoms with Crippen LogP contribution in [0.2, 0.25) is 0 Å². The van der Waals surface area contributed by atoms with Gasteiger partial charge in [-0.2, -0.15) is 8.42 Å². The van der Waals surface area contributed by atoms with Crippen LogP contribution in [0.1, 0.15) is 5.56 Å². The lowest BCUT2D eigenvalue weighted by atomic mass is 10.2. The highest BCUT2D eigenvalue weighted by atomic mass is 32.2. The fraction of sp³-hybridized carbons (Fsp3) is 0.235. The second kappa shape index (κ2) is 6.62. The molecule has 3 rings (SSSR count). The Morgan fingerprint density at radius 2 is 1.79 bits per heavy atom. The van der Waals surface area contributed by atoms with E-state index in [1.54, 1.807) is 24.3 Å². The Morgan fingerprint density at radius 3 is 2.46 bits per heavy atom. The number of ether oxygens (including phenoxy) is 1. The molecule has 1 aliphatic rings. The second-order valence-electron chi connectivity index (χ2n) is 5.50. The lowest BCUT2D eigenvalue weighted by Gasteiger charge is -2.12. The third kappa shape index (κ3) is 3.58. The number of carbonyl (C=O) groups is 1. The van der Waals surface area contributed by atoms with Crippen LogP contribution in [0, 0.1) is 6.92 Å². The Kier molecular flexibility index (Phi) is 4.55. The molecule has 126 valence electrons. The van der Waals surface area contributed by atoms with Crippen LogP contribution in [0.3, 0.4) is 0 Å². The van der Waals surface area contributed by atoms with Gasteiger partial charge in [0.05, 0.1) is 11.4 Å². The van der Waals surface area contributed by atoms with Gasteiger partial charge in [-0.05, 0) is 31.2 Å². The van der Waals surface area contributed by atoms with Crippen LogP contribution in [-0.4, -0.2) is 33.8 Å². The van der Waals surface area contributed by atoms with Crippen LogP contribution in [0.5, 0.6) is 0 Å². The van der Waals surface area contributed by atoms with E-state index in [-0.39, 0.29) is 18.0 Å². The summed E-state index contributed by atoms with van der Waals surface area (Å²) in [4.78, 5) is 13.4. The zero-order valence-electron chi connectivity index (χ0n) is 13.1. The summed E-state index contributed by atoms with van der Waals surface area (Å²) in [6, 6.07) is 15.4. The summed E-state index contributed by atoms with van der Waals surface area (Å²) >= 11 is 0. The van der Waals surface area contributed by atoms with Crippen LogP contribution >= 0.6 is 0 Å². The van der Waals surface area contributed by atoms with Gasteiger partial charge in [-0.15, -0.1) is 0 Å². The van der Waals surface area contributed by atoms with Crippen molar-refractivity contribution in [3.05, 3.63) is 60.2 Å². The Balaban J connectivity index is 1.63. The summed E-state index contributed by atoms with van der Waals surface area (Å²) in [5, 5.41) is 0. The summed E-state index contributed by atoms with van der Waals surface area (Å²) in [5.41, 5.74) is 1.66. The van der Waals surface area contributed by atoms with Crippen LogP contribution in [0.25, 0.3) is 0 Å². The lowest BCUT2D eigenvalue weighted by molar-refractivity contribution is 0.107. The van der Waals surface area contributed by atoms with Crippen molar-refractivity contribution in [2.45, 2.75) is 17.9 Å². The molecular weight excluding hydrogens is 330 g/mol. The highest BCUT2D eigenvalue weighted by molar-refractivity contribution is 7.86. The molecule has 0 spiro atoms. The number of cyclic esters (lactones) is 1. The molecule has 2 aromatic rings. The van der Waals surface area contributed by atoms with E-state index in [4.69, 9.17) is 8.92 Å². The molecule has 0 saturated carbocycles. The molecule has 0 radical (unpaired) electrons. The van der Waals surface area contributed by atoms with E-state index < -0.39 is 22.3 Å². The summed E-state index contributed by atoms with van der Waals surface area (Å²) < 4.78 is 34.5. The van der Waals surface area contributed by atoms with Crippen molar-refractivity contribution in [2.24, 2.45) is 0 Å². The van der Waals surface area contributed by atoms with E-state index in [0.29, 0.717) is 5.69 Å². The van der Waals surface area contributed by atoms with Crippen molar-refractivity contribution < 1.29 is 22.1 Å². The number of amides is 1. The number of para-hydroxylation sites is 1. The first-order valence-corrected chi connectivity index (χ1v) is 8.86. The van der Waals surface area contributed by atoms with Crippen molar-refractivity contribution in [3.8, 4) is 0 Å². The van der Waals surface area contributed by atoms with E-state index in [1.165, 1.54) is 17.0 Å². The van der Waals surface area contributed by atoms with Gasteiger partial charge in [-0.25, -0.2) is 4.79 Å². The predicted molar refractivity (Wildman–Crippen MR) is 88.4 cm³/mol. The molecule has 1 amide bonds. The van der Waals surface area contributed by atoms with E-state index in [9.17, 15) is 13.2 Å². The Morgan fingerprint density at radius 1 is 1.12 bits per heavy atom. The number of rotatable bonds is 5. The van der Waals surface area contributed by atoms with E-state index >= 15 is 0 Å². The fourth-order valence-electron chi connectivity index (χ4n) is 2.37. The molecule has 1 aliphatic heterocycles. The van der Waals surface area contributed by atoms with Gasteiger partial charge in [-0.3, -0.25) is 9.08 Å². The number of carbonyl (C=O) groups excluding carboxylic acids is 1. The molecule has 1 saturated heterocycles. The van der Waals surface area contributed by atoms with E-state index in [2.05, 4.69) is 0 Å². The van der Waals surface area contributed by atoms with Crippen molar-refractivity contribution in [2.75, 3.05) is 18.1 Å². The minimum absolute atomic E-state index is 0.0809. The van der Waals surface area contributed by atoms with Gasteiger partial charge in [0.2, 0.25) is 0 Å². The molecule has 0 unspecified atom stereocenters. The number of anilines is 1. The fourth-order valence-corrected chi connectivity index (χ4v) is 3.30. The number of hydrogen-bond donors (Lipinski definition) is 0. The van der Waals surface area contributed by atoms with Crippen LogP contribution in [0.4, 0.5) is 10.5 Å². The minimum Gasteiger partial charge on any atom is -0.441 e. The maximum atomic E-state index is 12.2. The molecule has 1 atom stereocenters. The Bertz CT molecular complexity index is 818. The molecule has 0 bridgehead atoms. The molecule has 24 heavy (non-hydrogen) atoms. The summed E-state index contributed by atoms with van der Waals surface area (Å²) in [7, 11) is -3.87. The van der Waals surface area contributed by atoms with Crippen LogP contribution < -0.4 is 4.90 Å². The predicted octanol–water partition coefficient (Wildman–Crippen LogP) is 2.73. The molecule has 0 aliphatic carbocycles. The smallest absolute Gasteiger partial charge is 0.414 e. The number of hydrogen-bond acceptors (Lipinski definition) is 5. The van der Waals surface area contributed by atoms with Gasteiger partial charge >= 0.3 is 6.09 Å². The van der Waals surface area contributed by atoms with Gasteiger partial charge in [0.15, 0.2) is 0 Å². The first-order valence-electron chi connectivity index (χ1n) is 7.45. The Hall–Kier alpha value is -2.38. The topological polar surface area (TPSA) is 72.9 Å². The minimum atomic E-state index is -3.87. The second-order valence-corrected chi connectivity index (χ2v) is 7.12. The number of benzene rings is 2. The zero-order chi connectivity index (χ0) is 17.2. The third-order valence-corrected chi connectivity index (χ3v) is 4.96. The van der Waals surface area contributed by atoms with Gasteiger partial charge < -0.3 is 4.74 Å². The van der Waals surface area contributed by atoms with Gasteiger partial charge in [0, 0.05) is 5.69 Å². The van der Waals surface area contributed by atoms with Crippen LogP contribution in [-0.2, 0) is 19.0 Å². The van der Waals surface area contributed by atoms with Crippen LogP contribution in [0.15, 0.2) is 59.5 Å². The molecule has 7 heteroatoms. The highest BCUT2D eigenvalue weighted by Gasteiger charge is 2.33. The summed E-state index contributed by atoms with van der Waals surface area (Å²) in [6.07, 6.45) is -1.15. The van der Waals surface area contributed by atoms with Gasteiger partial charge in [0.25, 0.3) is 10.1 Å². The zero-order valence-corrected chi connectivity index (χ0v) is 13.9. The molecule has 2 aromatic carbocycles.